The normalized spacial score (nSPS) is 18.8. The van der Waals surface area contributed by atoms with Crippen molar-refractivity contribution < 1.29 is 27.8 Å². The number of rotatable bonds is 5. The van der Waals surface area contributed by atoms with E-state index in [2.05, 4.69) is 0 Å². The number of aliphatic carboxylic acids is 1. The molecule has 0 spiro atoms. The van der Waals surface area contributed by atoms with Crippen LogP contribution in [0.1, 0.15) is 35.6 Å². The van der Waals surface area contributed by atoms with Gasteiger partial charge in [0.15, 0.2) is 0 Å². The summed E-state index contributed by atoms with van der Waals surface area (Å²) < 4.78 is 45.9. The summed E-state index contributed by atoms with van der Waals surface area (Å²) in [7, 11) is 1.46. The average Bonchev–Trinajstić information content (AvgIpc) is 2.69. The van der Waals surface area contributed by atoms with Crippen molar-refractivity contribution in [3.63, 3.8) is 0 Å². The van der Waals surface area contributed by atoms with Gasteiger partial charge < -0.3 is 9.84 Å². The SMILES string of the molecule is COc1ccc(Cl)cc1C(c1ccc(Cl)c(C(F)(F)F)c1)N1CCCC(C(=O)O)C1. The summed E-state index contributed by atoms with van der Waals surface area (Å²) in [5, 5.41) is 9.47. The predicted octanol–water partition coefficient (Wildman–Crippen LogP) is 5.91. The summed E-state index contributed by atoms with van der Waals surface area (Å²) in [4.78, 5) is 13.4. The highest BCUT2D eigenvalue weighted by atomic mass is 35.5. The van der Waals surface area contributed by atoms with Crippen LogP contribution in [0.5, 0.6) is 5.75 Å². The average molecular weight is 462 g/mol. The highest BCUT2D eigenvalue weighted by molar-refractivity contribution is 6.31. The van der Waals surface area contributed by atoms with Crippen molar-refractivity contribution in [1.29, 1.82) is 0 Å². The molecule has 30 heavy (non-hydrogen) atoms. The molecule has 1 aliphatic heterocycles. The fourth-order valence-electron chi connectivity index (χ4n) is 3.88. The minimum absolute atomic E-state index is 0.194. The number of carboxylic acids is 1. The van der Waals surface area contributed by atoms with Crippen molar-refractivity contribution in [2.45, 2.75) is 25.1 Å². The number of piperidine rings is 1. The molecule has 1 heterocycles. The van der Waals surface area contributed by atoms with Gasteiger partial charge in [-0.25, -0.2) is 0 Å². The monoisotopic (exact) mass is 461 g/mol. The molecule has 1 N–H and O–H groups in total. The molecule has 0 aliphatic carbocycles. The topological polar surface area (TPSA) is 49.8 Å². The number of carboxylic acid groups (broad SMARTS) is 1. The van der Waals surface area contributed by atoms with Crippen LogP contribution in [0.3, 0.4) is 0 Å². The second kappa shape index (κ2) is 9.04. The first-order chi connectivity index (χ1) is 14.1. The van der Waals surface area contributed by atoms with Gasteiger partial charge in [0.05, 0.1) is 29.7 Å². The number of alkyl halides is 3. The third-order valence-electron chi connectivity index (χ3n) is 5.27. The maximum Gasteiger partial charge on any atom is 0.417 e. The van der Waals surface area contributed by atoms with Gasteiger partial charge in [-0.05, 0) is 55.3 Å². The third-order valence-corrected chi connectivity index (χ3v) is 5.83. The number of halogens is 5. The molecule has 2 aromatic carbocycles. The molecule has 1 saturated heterocycles. The van der Waals surface area contributed by atoms with Crippen LogP contribution in [0.15, 0.2) is 36.4 Å². The molecular formula is C21H20Cl2F3NO3. The Labute approximate surface area is 182 Å². The Kier molecular flexibility index (Phi) is 6.84. The number of hydrogen-bond donors (Lipinski definition) is 1. The van der Waals surface area contributed by atoms with E-state index in [0.29, 0.717) is 41.3 Å². The van der Waals surface area contributed by atoms with Crippen LogP contribution in [-0.4, -0.2) is 36.2 Å². The highest BCUT2D eigenvalue weighted by Gasteiger charge is 2.37. The Bertz CT molecular complexity index is 936. The first kappa shape index (κ1) is 22.7. The molecule has 0 saturated carbocycles. The molecule has 4 nitrogen and oxygen atoms in total. The molecule has 0 bridgehead atoms. The second-order valence-electron chi connectivity index (χ2n) is 7.20. The van der Waals surface area contributed by atoms with Crippen LogP contribution in [-0.2, 0) is 11.0 Å². The number of nitrogens with zero attached hydrogens (tertiary/aromatic N) is 1. The molecule has 2 atom stereocenters. The van der Waals surface area contributed by atoms with E-state index in [-0.39, 0.29) is 6.54 Å². The number of methoxy groups -OCH3 is 1. The highest BCUT2D eigenvalue weighted by Crippen LogP contribution is 2.42. The standard InChI is InChI=1S/C21H20Cl2F3NO3/c1-30-18-7-5-14(22)10-15(18)19(27-8-2-3-13(11-27)20(28)29)12-4-6-17(23)16(9-12)21(24,25)26/h4-7,9-10,13,19H,2-3,8,11H2,1H3,(H,28,29). The van der Waals surface area contributed by atoms with E-state index in [1.807, 2.05) is 4.90 Å². The molecular weight excluding hydrogens is 442 g/mol. The van der Waals surface area contributed by atoms with Crippen molar-refractivity contribution >= 4 is 29.2 Å². The van der Waals surface area contributed by atoms with E-state index in [0.717, 1.165) is 6.07 Å². The van der Waals surface area contributed by atoms with E-state index in [4.69, 9.17) is 27.9 Å². The lowest BCUT2D eigenvalue weighted by atomic mass is 9.90. The third kappa shape index (κ3) is 4.85. The Morgan fingerprint density at radius 2 is 1.97 bits per heavy atom. The fraction of sp³-hybridized carbons (Fsp3) is 0.381. The van der Waals surface area contributed by atoms with Crippen molar-refractivity contribution in [1.82, 2.24) is 4.90 Å². The first-order valence-electron chi connectivity index (χ1n) is 9.28. The summed E-state index contributed by atoms with van der Waals surface area (Å²) in [6, 6.07) is 7.97. The van der Waals surface area contributed by atoms with Gasteiger partial charge in [0.1, 0.15) is 5.75 Å². The van der Waals surface area contributed by atoms with Crippen LogP contribution in [0.2, 0.25) is 10.0 Å². The van der Waals surface area contributed by atoms with Gasteiger partial charge in [-0.15, -0.1) is 0 Å². The summed E-state index contributed by atoms with van der Waals surface area (Å²) in [5.41, 5.74) is -0.0516. The van der Waals surface area contributed by atoms with Gasteiger partial charge in [-0.2, -0.15) is 13.2 Å². The molecule has 0 aromatic heterocycles. The largest absolute Gasteiger partial charge is 0.496 e. The molecule has 2 aromatic rings. The van der Waals surface area contributed by atoms with Crippen LogP contribution in [0.25, 0.3) is 0 Å². The minimum atomic E-state index is -4.62. The van der Waals surface area contributed by atoms with Crippen molar-refractivity contribution in [3.8, 4) is 5.75 Å². The van der Waals surface area contributed by atoms with Gasteiger partial charge in [0.25, 0.3) is 0 Å². The Balaban J connectivity index is 2.16. The molecule has 0 amide bonds. The number of likely N-dealkylation sites (tertiary alicyclic amines) is 1. The zero-order valence-electron chi connectivity index (χ0n) is 16.0. The smallest absolute Gasteiger partial charge is 0.417 e. The van der Waals surface area contributed by atoms with Crippen molar-refractivity contribution in [2.75, 3.05) is 20.2 Å². The van der Waals surface area contributed by atoms with Gasteiger partial charge in [0, 0.05) is 17.1 Å². The number of carbonyl (C=O) groups is 1. The summed E-state index contributed by atoms with van der Waals surface area (Å²) in [6.45, 7) is 0.716. The van der Waals surface area contributed by atoms with Crippen LogP contribution in [0.4, 0.5) is 13.2 Å². The Morgan fingerprint density at radius 3 is 2.60 bits per heavy atom. The zero-order valence-corrected chi connectivity index (χ0v) is 17.6. The van der Waals surface area contributed by atoms with Crippen molar-refractivity contribution in [2.24, 2.45) is 5.92 Å². The first-order valence-corrected chi connectivity index (χ1v) is 10.0. The van der Waals surface area contributed by atoms with E-state index in [9.17, 15) is 23.1 Å². The quantitative estimate of drug-likeness (QED) is 0.601. The lowest BCUT2D eigenvalue weighted by Crippen LogP contribution is -2.41. The number of ether oxygens (including phenoxy) is 1. The molecule has 0 radical (unpaired) electrons. The number of hydrogen-bond acceptors (Lipinski definition) is 3. The minimum Gasteiger partial charge on any atom is -0.496 e. The van der Waals surface area contributed by atoms with Crippen LogP contribution >= 0.6 is 23.2 Å². The summed E-state index contributed by atoms with van der Waals surface area (Å²) in [5.74, 6) is -1.09. The van der Waals surface area contributed by atoms with Gasteiger partial charge in [-0.3, -0.25) is 9.69 Å². The second-order valence-corrected chi connectivity index (χ2v) is 8.04. The lowest BCUT2D eigenvalue weighted by molar-refractivity contribution is -0.143. The molecule has 1 fully saturated rings. The molecule has 3 rings (SSSR count). The molecule has 9 heteroatoms. The predicted molar refractivity (Wildman–Crippen MR) is 108 cm³/mol. The Morgan fingerprint density at radius 1 is 1.23 bits per heavy atom. The maximum absolute atomic E-state index is 13.5. The van der Waals surface area contributed by atoms with E-state index < -0.39 is 34.7 Å². The maximum atomic E-state index is 13.5. The van der Waals surface area contributed by atoms with Gasteiger partial charge in [0.2, 0.25) is 0 Å². The molecule has 1 aliphatic rings. The van der Waals surface area contributed by atoms with Crippen molar-refractivity contribution in [3.05, 3.63) is 63.1 Å². The lowest BCUT2D eigenvalue weighted by Gasteiger charge is -2.38. The molecule has 162 valence electrons. The van der Waals surface area contributed by atoms with Gasteiger partial charge in [-0.1, -0.05) is 29.3 Å². The summed E-state index contributed by atoms with van der Waals surface area (Å²) in [6.07, 6.45) is -3.50. The van der Waals surface area contributed by atoms with E-state index in [1.54, 1.807) is 18.2 Å². The summed E-state index contributed by atoms with van der Waals surface area (Å²) >= 11 is 12.0. The van der Waals surface area contributed by atoms with Crippen LogP contribution in [0, 0.1) is 5.92 Å². The fourth-order valence-corrected chi connectivity index (χ4v) is 4.28. The number of benzene rings is 2. The van der Waals surface area contributed by atoms with Crippen LogP contribution < -0.4 is 4.74 Å². The molecule has 2 unspecified atom stereocenters. The zero-order chi connectivity index (χ0) is 22.1. The van der Waals surface area contributed by atoms with Gasteiger partial charge >= 0.3 is 12.1 Å². The van der Waals surface area contributed by atoms with E-state index >= 15 is 0 Å². The Hall–Kier alpha value is -1.96. The van der Waals surface area contributed by atoms with E-state index in [1.165, 1.54) is 19.2 Å².